The fraction of sp³-hybridized carbons (Fsp3) is 0.429. The lowest BCUT2D eigenvalue weighted by molar-refractivity contribution is -0.263. The van der Waals surface area contributed by atoms with Gasteiger partial charge in [-0.2, -0.15) is 0 Å². The van der Waals surface area contributed by atoms with Gasteiger partial charge in [-0.3, -0.25) is 14.5 Å². The summed E-state index contributed by atoms with van der Waals surface area (Å²) in [4.78, 5) is 26.0. The molecule has 8 nitrogen and oxygen atoms in total. The number of fused-ring (bicyclic) bond motifs is 1. The normalized spacial score (nSPS) is 31.5. The fourth-order valence-electron chi connectivity index (χ4n) is 3.00. The standard InChI is InChI=1S/C14H11Cl4NO7/c15-5-3-4(6(16)8(18)7(5)17)13(24)19(12(3)23)9-11(22)10(21)2(1-20)26-14(9)25/h2,9-11,14,20-22,25H,1H2/t2-,9-,10-,11-,14-/m1/s1. The first-order valence-electron chi connectivity index (χ1n) is 7.17. The first kappa shape index (κ1) is 20.1. The second kappa shape index (κ2) is 7.05. The van der Waals surface area contributed by atoms with Crippen LogP contribution in [0.5, 0.6) is 0 Å². The highest BCUT2D eigenvalue weighted by atomic mass is 35.5. The lowest BCUT2D eigenvalue weighted by atomic mass is 9.96. The Morgan fingerprint density at radius 2 is 1.31 bits per heavy atom. The van der Waals surface area contributed by atoms with Gasteiger partial charge in [0.2, 0.25) is 0 Å². The molecule has 1 aromatic carbocycles. The number of carbonyl (C=O) groups excluding carboxylic acids is 2. The number of aliphatic hydroxyl groups excluding tert-OH is 4. The largest absolute Gasteiger partial charge is 0.394 e. The first-order valence-corrected chi connectivity index (χ1v) is 8.69. The molecule has 1 saturated heterocycles. The summed E-state index contributed by atoms with van der Waals surface area (Å²) in [7, 11) is 0. The number of benzene rings is 1. The van der Waals surface area contributed by atoms with Gasteiger partial charge in [0.1, 0.15) is 24.4 Å². The Labute approximate surface area is 166 Å². The van der Waals surface area contributed by atoms with Crippen molar-refractivity contribution in [3.63, 3.8) is 0 Å². The monoisotopic (exact) mass is 445 g/mol. The van der Waals surface area contributed by atoms with Crippen molar-refractivity contribution in [2.45, 2.75) is 30.6 Å². The van der Waals surface area contributed by atoms with Crippen LogP contribution in [0.3, 0.4) is 0 Å². The van der Waals surface area contributed by atoms with Gasteiger partial charge in [-0.05, 0) is 0 Å². The van der Waals surface area contributed by atoms with Crippen LogP contribution in [0.15, 0.2) is 0 Å². The van der Waals surface area contributed by atoms with Crippen LogP contribution >= 0.6 is 46.4 Å². The SMILES string of the molecule is O=C1c2c(Cl)c(Cl)c(Cl)c(Cl)c2C(=O)N1[C@@H]1[C@@H](O)[C@H](O)[C@@H](CO)O[C@H]1O. The summed E-state index contributed by atoms with van der Waals surface area (Å²) >= 11 is 23.8. The molecule has 2 amide bonds. The van der Waals surface area contributed by atoms with E-state index in [1.807, 2.05) is 0 Å². The van der Waals surface area contributed by atoms with Crippen molar-refractivity contribution in [2.24, 2.45) is 0 Å². The Hall–Kier alpha value is -0.680. The molecule has 0 aliphatic carbocycles. The third-order valence-corrected chi connectivity index (χ3v) is 6.10. The van der Waals surface area contributed by atoms with Crippen molar-refractivity contribution in [1.29, 1.82) is 0 Å². The maximum absolute atomic E-state index is 12.7. The van der Waals surface area contributed by atoms with Crippen LogP contribution in [0.1, 0.15) is 20.7 Å². The molecule has 0 aromatic heterocycles. The summed E-state index contributed by atoms with van der Waals surface area (Å²) in [6.45, 7) is -0.701. The van der Waals surface area contributed by atoms with Crippen LogP contribution in [0.2, 0.25) is 20.1 Å². The van der Waals surface area contributed by atoms with Gasteiger partial charge in [0, 0.05) is 0 Å². The third-order valence-electron chi connectivity index (χ3n) is 4.30. The van der Waals surface area contributed by atoms with Crippen LogP contribution in [-0.4, -0.2) is 74.4 Å². The molecular formula is C14H11Cl4NO7. The second-order valence-corrected chi connectivity index (χ2v) is 7.22. The molecule has 1 aromatic rings. The molecule has 0 radical (unpaired) electrons. The molecular weight excluding hydrogens is 436 g/mol. The maximum Gasteiger partial charge on any atom is 0.263 e. The van der Waals surface area contributed by atoms with Crippen LogP contribution < -0.4 is 0 Å². The first-order chi connectivity index (χ1) is 12.1. The average Bonchev–Trinajstić information content (AvgIpc) is 2.86. The van der Waals surface area contributed by atoms with E-state index in [0.717, 1.165) is 0 Å². The number of hydrogen-bond acceptors (Lipinski definition) is 7. The number of nitrogens with zero attached hydrogens (tertiary/aromatic N) is 1. The van der Waals surface area contributed by atoms with Crippen molar-refractivity contribution >= 4 is 58.2 Å². The quantitative estimate of drug-likeness (QED) is 0.299. The van der Waals surface area contributed by atoms with Crippen molar-refractivity contribution in [2.75, 3.05) is 6.61 Å². The third kappa shape index (κ3) is 2.72. The average molecular weight is 447 g/mol. The topological polar surface area (TPSA) is 128 Å². The lowest BCUT2D eigenvalue weighted by Gasteiger charge is -2.42. The molecule has 26 heavy (non-hydrogen) atoms. The minimum absolute atomic E-state index is 0.235. The minimum atomic E-state index is -1.88. The molecule has 5 atom stereocenters. The number of rotatable bonds is 2. The molecule has 2 heterocycles. The van der Waals surface area contributed by atoms with E-state index < -0.39 is 49.1 Å². The number of amides is 2. The van der Waals surface area contributed by atoms with Crippen LogP contribution in [0.25, 0.3) is 0 Å². The van der Waals surface area contributed by atoms with Crippen molar-refractivity contribution < 1.29 is 34.8 Å². The number of hydrogen-bond donors (Lipinski definition) is 4. The van der Waals surface area contributed by atoms with E-state index in [9.17, 15) is 24.9 Å². The Morgan fingerprint density at radius 3 is 1.73 bits per heavy atom. The number of carbonyl (C=O) groups is 2. The molecule has 142 valence electrons. The van der Waals surface area contributed by atoms with Crippen LogP contribution in [0.4, 0.5) is 0 Å². The minimum Gasteiger partial charge on any atom is -0.394 e. The Bertz CT molecular complexity index is 757. The molecule has 4 N–H and O–H groups in total. The van der Waals surface area contributed by atoms with Crippen LogP contribution in [-0.2, 0) is 4.74 Å². The molecule has 0 bridgehead atoms. The predicted octanol–water partition coefficient (Wildman–Crippen LogP) is 0.696. The van der Waals surface area contributed by atoms with Gasteiger partial charge in [-0.25, -0.2) is 0 Å². The highest BCUT2D eigenvalue weighted by molar-refractivity contribution is 6.55. The molecule has 1 fully saturated rings. The number of ether oxygens (including phenoxy) is 1. The Kier molecular flexibility index (Phi) is 5.44. The molecule has 3 rings (SSSR count). The van der Waals surface area contributed by atoms with E-state index in [2.05, 4.69) is 0 Å². The fourth-order valence-corrected chi connectivity index (χ4v) is 4.01. The van der Waals surface area contributed by atoms with Crippen molar-refractivity contribution in [3.05, 3.63) is 31.2 Å². The van der Waals surface area contributed by atoms with Crippen LogP contribution in [0, 0.1) is 0 Å². The van der Waals surface area contributed by atoms with Gasteiger partial charge >= 0.3 is 0 Å². The van der Waals surface area contributed by atoms with E-state index in [4.69, 9.17) is 56.2 Å². The van der Waals surface area contributed by atoms with Gasteiger partial charge in [0.05, 0.1) is 37.8 Å². The van der Waals surface area contributed by atoms with E-state index >= 15 is 0 Å². The zero-order valence-corrected chi connectivity index (χ0v) is 15.6. The van der Waals surface area contributed by atoms with E-state index in [1.54, 1.807) is 0 Å². The summed E-state index contributed by atoms with van der Waals surface area (Å²) in [6.07, 6.45) is -6.66. The van der Waals surface area contributed by atoms with Gasteiger partial charge in [0.25, 0.3) is 11.8 Å². The highest BCUT2D eigenvalue weighted by Gasteiger charge is 2.53. The molecule has 0 unspecified atom stereocenters. The van der Waals surface area contributed by atoms with Gasteiger partial charge in [-0.1, -0.05) is 46.4 Å². The second-order valence-electron chi connectivity index (χ2n) is 5.71. The zero-order valence-electron chi connectivity index (χ0n) is 12.6. The number of halogens is 4. The Morgan fingerprint density at radius 1 is 0.846 bits per heavy atom. The molecule has 2 aliphatic heterocycles. The summed E-state index contributed by atoms with van der Waals surface area (Å²) in [6, 6.07) is -1.68. The van der Waals surface area contributed by atoms with E-state index in [0.29, 0.717) is 4.90 Å². The Balaban J connectivity index is 2.09. The molecule has 12 heteroatoms. The summed E-state index contributed by atoms with van der Waals surface area (Å²) in [5, 5.41) is 38.4. The van der Waals surface area contributed by atoms with Crippen molar-refractivity contribution in [1.82, 2.24) is 4.90 Å². The summed E-state index contributed by atoms with van der Waals surface area (Å²) < 4.78 is 4.98. The smallest absolute Gasteiger partial charge is 0.263 e. The highest BCUT2D eigenvalue weighted by Crippen LogP contribution is 2.45. The summed E-state index contributed by atoms with van der Waals surface area (Å²) in [5.74, 6) is -2.01. The van der Waals surface area contributed by atoms with Gasteiger partial charge in [0.15, 0.2) is 6.29 Å². The number of aliphatic hydroxyl groups is 4. The maximum atomic E-state index is 12.7. The summed E-state index contributed by atoms with van der Waals surface area (Å²) in [5.41, 5.74) is -0.677. The van der Waals surface area contributed by atoms with Gasteiger partial charge in [-0.15, -0.1) is 0 Å². The van der Waals surface area contributed by atoms with E-state index in [-0.39, 0.29) is 31.2 Å². The van der Waals surface area contributed by atoms with Gasteiger partial charge < -0.3 is 25.2 Å². The van der Waals surface area contributed by atoms with Crippen molar-refractivity contribution in [3.8, 4) is 0 Å². The molecule has 2 aliphatic rings. The molecule has 0 spiro atoms. The van der Waals surface area contributed by atoms with E-state index in [1.165, 1.54) is 0 Å². The predicted molar refractivity (Wildman–Crippen MR) is 90.7 cm³/mol. The number of imide groups is 1. The lowest BCUT2D eigenvalue weighted by Crippen LogP contribution is -2.65. The molecule has 0 saturated carbocycles. The zero-order chi connectivity index (χ0) is 19.5.